The average Bonchev–Trinajstić information content (AvgIpc) is 2.87. The average molecular weight is 243 g/mol. The minimum atomic E-state index is 0.494. The van der Waals surface area contributed by atoms with E-state index in [1.54, 1.807) is 0 Å². The van der Waals surface area contributed by atoms with Crippen LogP contribution in [0.4, 0.5) is 0 Å². The topological polar surface area (TPSA) is 36.4 Å². The molecule has 0 saturated heterocycles. The quantitative estimate of drug-likeness (QED) is 0.486. The number of hydrogen-bond acceptors (Lipinski definition) is 1. The molecule has 0 unspecified atom stereocenters. The van der Waals surface area contributed by atoms with Gasteiger partial charge in [-0.05, 0) is 25.3 Å². The van der Waals surface area contributed by atoms with Crippen molar-refractivity contribution in [2.24, 2.45) is 4.99 Å². The molecule has 0 bridgehead atoms. The summed E-state index contributed by atoms with van der Waals surface area (Å²) in [5.41, 5.74) is 2.57. The molecule has 0 amide bonds. The van der Waals surface area contributed by atoms with Crippen LogP contribution in [-0.4, -0.2) is 19.0 Å². The lowest BCUT2D eigenvalue weighted by molar-refractivity contribution is 0.633. The monoisotopic (exact) mass is 243 g/mol. The molecule has 1 aliphatic carbocycles. The lowest BCUT2D eigenvalue weighted by atomic mass is 10.1. The first-order valence-electron chi connectivity index (χ1n) is 6.45. The van der Waals surface area contributed by atoms with Crippen LogP contribution in [-0.2, 0) is 6.54 Å². The van der Waals surface area contributed by atoms with Gasteiger partial charge in [0, 0.05) is 19.6 Å². The molecule has 0 aromatic heterocycles. The Morgan fingerprint density at radius 1 is 1.33 bits per heavy atom. The number of hydrogen-bond donors (Lipinski definition) is 2. The lowest BCUT2D eigenvalue weighted by Gasteiger charge is -2.17. The third-order valence-corrected chi connectivity index (χ3v) is 3.11. The molecule has 1 aromatic carbocycles. The highest BCUT2D eigenvalue weighted by Gasteiger charge is 2.11. The van der Waals surface area contributed by atoms with Crippen LogP contribution in [0.2, 0.25) is 0 Å². The Bertz CT molecular complexity index is 441. The molecule has 1 aliphatic rings. The Balaban J connectivity index is 1.83. The number of aliphatic imine (C=N–C) groups is 1. The summed E-state index contributed by atoms with van der Waals surface area (Å²) in [6.07, 6.45) is 6.60. The normalized spacial score (nSPS) is 16.0. The van der Waals surface area contributed by atoms with Gasteiger partial charge in [-0.1, -0.05) is 42.0 Å². The summed E-state index contributed by atoms with van der Waals surface area (Å²) in [6.45, 7) is 2.92. The van der Waals surface area contributed by atoms with Crippen LogP contribution in [0.15, 0.2) is 41.4 Å². The Labute approximate surface area is 109 Å². The van der Waals surface area contributed by atoms with Gasteiger partial charge in [0.05, 0.1) is 0 Å². The van der Waals surface area contributed by atoms with Gasteiger partial charge in [0.2, 0.25) is 0 Å². The fourth-order valence-corrected chi connectivity index (χ4v) is 2.13. The zero-order valence-electron chi connectivity index (χ0n) is 11.1. The van der Waals surface area contributed by atoms with E-state index >= 15 is 0 Å². The van der Waals surface area contributed by atoms with Crippen molar-refractivity contribution < 1.29 is 0 Å². The number of guanidine groups is 1. The summed E-state index contributed by atoms with van der Waals surface area (Å²) in [7, 11) is 1.81. The van der Waals surface area contributed by atoms with E-state index in [2.05, 4.69) is 59.0 Å². The van der Waals surface area contributed by atoms with Crippen molar-refractivity contribution in [3.8, 4) is 0 Å². The van der Waals surface area contributed by atoms with Crippen molar-refractivity contribution in [3.63, 3.8) is 0 Å². The van der Waals surface area contributed by atoms with Gasteiger partial charge in [0.15, 0.2) is 5.96 Å². The molecule has 96 valence electrons. The van der Waals surface area contributed by atoms with E-state index in [0.29, 0.717) is 6.04 Å². The maximum Gasteiger partial charge on any atom is 0.191 e. The molecule has 0 aliphatic heterocycles. The third kappa shape index (κ3) is 3.62. The fourth-order valence-electron chi connectivity index (χ4n) is 2.13. The first-order valence-corrected chi connectivity index (χ1v) is 6.45. The molecule has 3 nitrogen and oxygen atoms in total. The Hall–Kier alpha value is -1.77. The SMILES string of the molecule is CN=C(NCc1cccc(C)c1)NC1CC=CC1. The molecule has 2 rings (SSSR count). The fraction of sp³-hybridized carbons (Fsp3) is 0.400. The minimum absolute atomic E-state index is 0.494. The number of aryl methyl sites for hydroxylation is 1. The highest BCUT2D eigenvalue weighted by molar-refractivity contribution is 5.80. The molecular formula is C15H21N3. The Kier molecular flexibility index (Phi) is 4.40. The van der Waals surface area contributed by atoms with Crippen LogP contribution >= 0.6 is 0 Å². The van der Waals surface area contributed by atoms with E-state index in [1.807, 2.05) is 7.05 Å². The summed E-state index contributed by atoms with van der Waals surface area (Å²) in [5.74, 6) is 0.880. The highest BCUT2D eigenvalue weighted by atomic mass is 15.2. The van der Waals surface area contributed by atoms with Crippen LogP contribution in [0.1, 0.15) is 24.0 Å². The van der Waals surface area contributed by atoms with Crippen LogP contribution in [0.25, 0.3) is 0 Å². The molecular weight excluding hydrogens is 222 g/mol. The molecule has 3 heteroatoms. The summed E-state index contributed by atoms with van der Waals surface area (Å²) in [5, 5.41) is 6.78. The number of nitrogens with zero attached hydrogens (tertiary/aromatic N) is 1. The van der Waals surface area contributed by atoms with Gasteiger partial charge < -0.3 is 10.6 Å². The number of benzene rings is 1. The van der Waals surface area contributed by atoms with E-state index in [0.717, 1.165) is 25.3 Å². The predicted molar refractivity (Wildman–Crippen MR) is 76.7 cm³/mol. The van der Waals surface area contributed by atoms with Gasteiger partial charge >= 0.3 is 0 Å². The molecule has 0 radical (unpaired) electrons. The Morgan fingerprint density at radius 3 is 2.78 bits per heavy atom. The van der Waals surface area contributed by atoms with E-state index in [-0.39, 0.29) is 0 Å². The van der Waals surface area contributed by atoms with Gasteiger partial charge in [-0.15, -0.1) is 0 Å². The molecule has 18 heavy (non-hydrogen) atoms. The largest absolute Gasteiger partial charge is 0.353 e. The maximum absolute atomic E-state index is 4.26. The molecule has 2 N–H and O–H groups in total. The van der Waals surface area contributed by atoms with Crippen molar-refractivity contribution in [3.05, 3.63) is 47.5 Å². The second kappa shape index (κ2) is 6.24. The van der Waals surface area contributed by atoms with Gasteiger partial charge in [-0.3, -0.25) is 4.99 Å². The zero-order chi connectivity index (χ0) is 12.8. The van der Waals surface area contributed by atoms with Crippen LogP contribution in [0.5, 0.6) is 0 Å². The number of nitrogens with one attached hydrogen (secondary N) is 2. The van der Waals surface area contributed by atoms with Crippen molar-refractivity contribution in [2.75, 3.05) is 7.05 Å². The second-order valence-corrected chi connectivity index (χ2v) is 4.70. The predicted octanol–water partition coefficient (Wildman–Crippen LogP) is 2.38. The summed E-state index contributed by atoms with van der Waals surface area (Å²) >= 11 is 0. The van der Waals surface area contributed by atoms with Crippen molar-refractivity contribution in [1.82, 2.24) is 10.6 Å². The van der Waals surface area contributed by atoms with E-state index < -0.39 is 0 Å². The van der Waals surface area contributed by atoms with Crippen LogP contribution in [0, 0.1) is 6.92 Å². The number of rotatable bonds is 3. The van der Waals surface area contributed by atoms with Gasteiger partial charge in [0.25, 0.3) is 0 Å². The van der Waals surface area contributed by atoms with Gasteiger partial charge in [-0.2, -0.15) is 0 Å². The molecule has 0 saturated carbocycles. The van der Waals surface area contributed by atoms with E-state index in [9.17, 15) is 0 Å². The smallest absolute Gasteiger partial charge is 0.191 e. The van der Waals surface area contributed by atoms with Crippen molar-refractivity contribution >= 4 is 5.96 Å². The van der Waals surface area contributed by atoms with E-state index in [1.165, 1.54) is 11.1 Å². The molecule has 0 heterocycles. The molecule has 0 atom stereocenters. The van der Waals surface area contributed by atoms with Crippen LogP contribution < -0.4 is 10.6 Å². The summed E-state index contributed by atoms with van der Waals surface area (Å²) in [4.78, 5) is 4.26. The zero-order valence-corrected chi connectivity index (χ0v) is 11.1. The Morgan fingerprint density at radius 2 is 2.11 bits per heavy atom. The maximum atomic E-state index is 4.26. The van der Waals surface area contributed by atoms with Crippen molar-refractivity contribution in [1.29, 1.82) is 0 Å². The lowest BCUT2D eigenvalue weighted by Crippen LogP contribution is -2.42. The molecule has 0 spiro atoms. The molecule has 0 fully saturated rings. The van der Waals surface area contributed by atoms with Gasteiger partial charge in [-0.25, -0.2) is 0 Å². The minimum Gasteiger partial charge on any atom is -0.353 e. The standard InChI is InChI=1S/C15H21N3/c1-12-6-5-7-13(10-12)11-17-15(16-2)18-14-8-3-4-9-14/h3-7,10,14H,8-9,11H2,1-2H3,(H2,16,17,18). The summed E-state index contributed by atoms with van der Waals surface area (Å²) in [6, 6.07) is 9.01. The second-order valence-electron chi connectivity index (χ2n) is 4.70. The van der Waals surface area contributed by atoms with E-state index in [4.69, 9.17) is 0 Å². The first-order chi connectivity index (χ1) is 8.78. The van der Waals surface area contributed by atoms with Gasteiger partial charge in [0.1, 0.15) is 0 Å². The first kappa shape index (κ1) is 12.7. The third-order valence-electron chi connectivity index (χ3n) is 3.11. The van der Waals surface area contributed by atoms with Crippen molar-refractivity contribution in [2.45, 2.75) is 32.4 Å². The molecule has 1 aromatic rings. The highest BCUT2D eigenvalue weighted by Crippen LogP contribution is 2.09. The van der Waals surface area contributed by atoms with Crippen LogP contribution in [0.3, 0.4) is 0 Å². The summed E-state index contributed by atoms with van der Waals surface area (Å²) < 4.78 is 0.